The zero-order valence-electron chi connectivity index (χ0n) is 23.1. The Kier molecular flexibility index (Phi) is 8.53. The number of methoxy groups -OCH3 is 1. The van der Waals surface area contributed by atoms with E-state index >= 15 is 0 Å². The summed E-state index contributed by atoms with van der Waals surface area (Å²) in [6, 6.07) is 18.8. The molecule has 3 aliphatic heterocycles. The average Bonchev–Trinajstić information content (AvgIpc) is 3.60. The van der Waals surface area contributed by atoms with Gasteiger partial charge in [-0.2, -0.15) is 0 Å². The van der Waals surface area contributed by atoms with E-state index in [0.717, 1.165) is 76.3 Å². The number of benzene rings is 2. The second-order valence-corrected chi connectivity index (χ2v) is 12.1. The number of hydrogen-bond donors (Lipinski definition) is 0. The quantitative estimate of drug-likeness (QED) is 0.465. The molecule has 2 atom stereocenters. The van der Waals surface area contributed by atoms with Crippen molar-refractivity contribution in [3.8, 4) is 5.75 Å². The Balaban J connectivity index is 0.00000308. The number of hydrogen-bond acceptors (Lipinski definition) is 4. The summed E-state index contributed by atoms with van der Waals surface area (Å²) in [6.45, 7) is 6.18. The number of ether oxygens (including phenoxy) is 1. The van der Waals surface area contributed by atoms with E-state index in [0.29, 0.717) is 36.1 Å². The number of nitrogens with zero attached hydrogens (tertiary/aromatic N) is 3. The van der Waals surface area contributed by atoms with Gasteiger partial charge in [0.1, 0.15) is 5.75 Å². The number of carbonyl (C=O) groups excluding carboxylic acids is 2. The van der Waals surface area contributed by atoms with E-state index in [-0.39, 0.29) is 17.8 Å². The van der Waals surface area contributed by atoms with E-state index in [1.807, 2.05) is 12.1 Å². The van der Waals surface area contributed by atoms with Crippen molar-refractivity contribution in [1.29, 1.82) is 0 Å². The predicted molar refractivity (Wildman–Crippen MR) is 155 cm³/mol. The SMILES string of the molecule is COc1ccc(CN2CCC3(CCN(CC4CN(C(=O)CC5CC5)CC4c4ccccc4)CC3)C2=O)cc1.Cl. The summed E-state index contributed by atoms with van der Waals surface area (Å²) in [5.74, 6) is 3.00. The van der Waals surface area contributed by atoms with Crippen molar-refractivity contribution in [2.75, 3.05) is 46.4 Å². The Morgan fingerprint density at radius 2 is 1.64 bits per heavy atom. The first-order valence-corrected chi connectivity index (χ1v) is 14.5. The normalized spacial score (nSPS) is 24.7. The van der Waals surface area contributed by atoms with Gasteiger partial charge in [0.25, 0.3) is 0 Å². The van der Waals surface area contributed by atoms with E-state index < -0.39 is 0 Å². The molecule has 2 unspecified atom stereocenters. The van der Waals surface area contributed by atoms with Crippen molar-refractivity contribution < 1.29 is 14.3 Å². The van der Waals surface area contributed by atoms with Crippen LogP contribution in [0.25, 0.3) is 0 Å². The van der Waals surface area contributed by atoms with Gasteiger partial charge in [0.2, 0.25) is 11.8 Å². The Labute approximate surface area is 239 Å². The number of rotatable bonds is 8. The van der Waals surface area contributed by atoms with Crippen molar-refractivity contribution in [3.63, 3.8) is 0 Å². The minimum Gasteiger partial charge on any atom is -0.497 e. The molecule has 3 saturated heterocycles. The molecule has 210 valence electrons. The molecule has 4 fully saturated rings. The Morgan fingerprint density at radius 3 is 2.31 bits per heavy atom. The lowest BCUT2D eigenvalue weighted by molar-refractivity contribution is -0.139. The Morgan fingerprint density at radius 1 is 0.949 bits per heavy atom. The summed E-state index contributed by atoms with van der Waals surface area (Å²) in [5.41, 5.74) is 2.32. The molecular weight excluding hydrogens is 510 g/mol. The fourth-order valence-corrected chi connectivity index (χ4v) is 6.99. The van der Waals surface area contributed by atoms with Gasteiger partial charge < -0.3 is 19.4 Å². The van der Waals surface area contributed by atoms with Gasteiger partial charge in [0.05, 0.1) is 12.5 Å². The lowest BCUT2D eigenvalue weighted by Gasteiger charge is -2.39. The molecule has 6 nitrogen and oxygen atoms in total. The third-order valence-corrected chi connectivity index (χ3v) is 9.62. The molecule has 2 amide bonds. The molecule has 2 aromatic rings. The summed E-state index contributed by atoms with van der Waals surface area (Å²) >= 11 is 0. The maximum Gasteiger partial charge on any atom is 0.229 e. The van der Waals surface area contributed by atoms with Crippen LogP contribution in [0.2, 0.25) is 0 Å². The first kappa shape index (κ1) is 28.0. The molecule has 0 aromatic heterocycles. The van der Waals surface area contributed by atoms with Crippen LogP contribution in [0.4, 0.5) is 0 Å². The zero-order chi connectivity index (χ0) is 26.1. The lowest BCUT2D eigenvalue weighted by Crippen LogP contribution is -2.46. The van der Waals surface area contributed by atoms with Crippen LogP contribution in [0.1, 0.15) is 55.6 Å². The highest BCUT2D eigenvalue weighted by molar-refractivity contribution is 5.85. The summed E-state index contributed by atoms with van der Waals surface area (Å²) < 4.78 is 5.27. The highest BCUT2D eigenvalue weighted by Crippen LogP contribution is 2.43. The predicted octanol–water partition coefficient (Wildman–Crippen LogP) is 4.97. The second kappa shape index (κ2) is 11.9. The van der Waals surface area contributed by atoms with Crippen LogP contribution in [0.3, 0.4) is 0 Å². The number of likely N-dealkylation sites (tertiary alicyclic amines) is 3. The third kappa shape index (κ3) is 6.12. The van der Waals surface area contributed by atoms with Crippen LogP contribution in [-0.2, 0) is 16.1 Å². The molecule has 2 aromatic carbocycles. The summed E-state index contributed by atoms with van der Waals surface area (Å²) in [5, 5.41) is 0. The van der Waals surface area contributed by atoms with Gasteiger partial charge in [-0.05, 0) is 80.3 Å². The smallest absolute Gasteiger partial charge is 0.229 e. The minimum absolute atomic E-state index is 0. The fraction of sp³-hybridized carbons (Fsp3) is 0.562. The standard InChI is InChI=1S/C32H41N3O3.ClH/c1-38-28-11-9-25(10-12-28)20-34-18-15-32(31(34)37)13-16-33(17-14-32)21-27-22-35(30(36)19-24-7-8-24)23-29(27)26-5-3-2-4-6-26;/h2-6,9-12,24,27,29H,7-8,13-23H2,1H3;1H. The number of halogens is 1. The summed E-state index contributed by atoms with van der Waals surface area (Å²) in [6.07, 6.45) is 6.02. The first-order chi connectivity index (χ1) is 18.5. The van der Waals surface area contributed by atoms with E-state index in [1.165, 1.54) is 18.4 Å². The van der Waals surface area contributed by atoms with Crippen LogP contribution in [0.15, 0.2) is 54.6 Å². The van der Waals surface area contributed by atoms with Gasteiger partial charge in [-0.25, -0.2) is 0 Å². The molecule has 0 N–H and O–H groups in total. The molecular formula is C32H42ClN3O3. The Bertz CT molecular complexity index is 1130. The first-order valence-electron chi connectivity index (χ1n) is 14.5. The van der Waals surface area contributed by atoms with E-state index in [4.69, 9.17) is 4.74 Å². The van der Waals surface area contributed by atoms with Gasteiger partial charge in [-0.1, -0.05) is 42.5 Å². The van der Waals surface area contributed by atoms with Gasteiger partial charge in [0, 0.05) is 45.1 Å². The average molecular weight is 552 g/mol. The lowest BCUT2D eigenvalue weighted by atomic mass is 9.76. The largest absolute Gasteiger partial charge is 0.497 e. The van der Waals surface area contributed by atoms with Gasteiger partial charge in [0.15, 0.2) is 0 Å². The second-order valence-electron chi connectivity index (χ2n) is 12.1. The molecule has 7 heteroatoms. The topological polar surface area (TPSA) is 53.1 Å². The highest BCUT2D eigenvalue weighted by Gasteiger charge is 2.48. The molecule has 6 rings (SSSR count). The third-order valence-electron chi connectivity index (χ3n) is 9.62. The maximum absolute atomic E-state index is 13.5. The minimum atomic E-state index is -0.191. The summed E-state index contributed by atoms with van der Waals surface area (Å²) in [4.78, 5) is 33.3. The van der Waals surface area contributed by atoms with Crippen LogP contribution in [0, 0.1) is 17.3 Å². The van der Waals surface area contributed by atoms with Crippen molar-refractivity contribution in [2.45, 2.75) is 51.0 Å². The van der Waals surface area contributed by atoms with Crippen LogP contribution in [0.5, 0.6) is 5.75 Å². The van der Waals surface area contributed by atoms with Crippen molar-refractivity contribution >= 4 is 24.2 Å². The monoisotopic (exact) mass is 551 g/mol. The number of amides is 2. The fourth-order valence-electron chi connectivity index (χ4n) is 6.99. The highest BCUT2D eigenvalue weighted by atomic mass is 35.5. The molecule has 1 saturated carbocycles. The van der Waals surface area contributed by atoms with E-state index in [9.17, 15) is 9.59 Å². The molecule has 0 radical (unpaired) electrons. The Hall–Kier alpha value is -2.57. The zero-order valence-corrected chi connectivity index (χ0v) is 23.9. The van der Waals surface area contributed by atoms with Crippen molar-refractivity contribution in [1.82, 2.24) is 14.7 Å². The van der Waals surface area contributed by atoms with Gasteiger partial charge >= 0.3 is 0 Å². The van der Waals surface area contributed by atoms with E-state index in [1.54, 1.807) is 7.11 Å². The molecule has 39 heavy (non-hydrogen) atoms. The number of carbonyl (C=O) groups is 2. The summed E-state index contributed by atoms with van der Waals surface area (Å²) in [7, 11) is 1.67. The molecule has 0 bridgehead atoms. The van der Waals surface area contributed by atoms with Crippen LogP contribution in [-0.4, -0.2) is 72.9 Å². The molecule has 1 aliphatic carbocycles. The molecule has 1 spiro atoms. The van der Waals surface area contributed by atoms with Crippen molar-refractivity contribution in [2.24, 2.45) is 17.3 Å². The van der Waals surface area contributed by atoms with Gasteiger partial charge in [-0.3, -0.25) is 9.59 Å². The van der Waals surface area contributed by atoms with Crippen LogP contribution < -0.4 is 4.74 Å². The number of piperidine rings is 1. The van der Waals surface area contributed by atoms with E-state index in [2.05, 4.69) is 57.2 Å². The van der Waals surface area contributed by atoms with Gasteiger partial charge in [-0.15, -0.1) is 12.4 Å². The maximum atomic E-state index is 13.5. The van der Waals surface area contributed by atoms with Crippen LogP contribution >= 0.6 is 12.4 Å². The molecule has 3 heterocycles. The molecule has 4 aliphatic rings. The van der Waals surface area contributed by atoms with Crippen molar-refractivity contribution in [3.05, 3.63) is 65.7 Å².